The molecule has 0 bridgehead atoms. The fraction of sp³-hybridized carbons (Fsp3) is 0.500. The Morgan fingerprint density at radius 3 is 2.94 bits per heavy atom. The van der Waals surface area contributed by atoms with E-state index in [9.17, 15) is 4.79 Å². The van der Waals surface area contributed by atoms with Crippen LogP contribution in [0.2, 0.25) is 0 Å². The van der Waals surface area contributed by atoms with Gasteiger partial charge in [-0.1, -0.05) is 0 Å². The van der Waals surface area contributed by atoms with Crippen LogP contribution in [0, 0.1) is 11.3 Å². The van der Waals surface area contributed by atoms with Gasteiger partial charge in [0.05, 0.1) is 5.56 Å². The number of hydrogen-bond donors (Lipinski definition) is 2. The second kappa shape index (κ2) is 7.09. The highest BCUT2D eigenvalue weighted by Gasteiger charge is 2.16. The maximum Gasteiger partial charge on any atom is 0.268 e. The Balaban J connectivity index is 2.74. The summed E-state index contributed by atoms with van der Waals surface area (Å²) in [4.78, 5) is 12.0. The van der Waals surface area contributed by atoms with Crippen molar-refractivity contribution in [3.05, 3.63) is 23.5 Å². The second-order valence-electron chi connectivity index (χ2n) is 3.97. The first-order chi connectivity index (χ1) is 8.62. The van der Waals surface area contributed by atoms with E-state index in [-0.39, 0.29) is 18.6 Å². The van der Waals surface area contributed by atoms with E-state index >= 15 is 0 Å². The lowest BCUT2D eigenvalue weighted by atomic mass is 10.2. The van der Waals surface area contributed by atoms with E-state index in [0.717, 1.165) is 5.75 Å². The summed E-state index contributed by atoms with van der Waals surface area (Å²) in [6, 6.07) is 3.50. The molecule has 0 aliphatic rings. The maximum absolute atomic E-state index is 12.0. The van der Waals surface area contributed by atoms with Crippen LogP contribution in [-0.2, 0) is 7.05 Å². The van der Waals surface area contributed by atoms with Crippen molar-refractivity contribution in [3.63, 3.8) is 0 Å². The lowest BCUT2D eigenvalue weighted by Gasteiger charge is -2.16. The van der Waals surface area contributed by atoms with Gasteiger partial charge in [-0.05, 0) is 18.7 Å². The van der Waals surface area contributed by atoms with Gasteiger partial charge in [0.25, 0.3) is 5.91 Å². The molecule has 0 spiro atoms. The van der Waals surface area contributed by atoms with Crippen LogP contribution in [0.15, 0.2) is 12.3 Å². The molecule has 2 N–H and O–H groups in total. The molecule has 1 atom stereocenters. The summed E-state index contributed by atoms with van der Waals surface area (Å²) in [6.07, 6.45) is 4.10. The SMILES string of the molecule is CSCC(CCO)NC(=O)c1cc(C#N)cn1C. The third-order valence-corrected chi connectivity index (χ3v) is 3.28. The molecule has 0 aromatic carbocycles. The largest absolute Gasteiger partial charge is 0.396 e. The van der Waals surface area contributed by atoms with E-state index in [1.807, 2.05) is 12.3 Å². The van der Waals surface area contributed by atoms with E-state index in [2.05, 4.69) is 5.32 Å². The summed E-state index contributed by atoms with van der Waals surface area (Å²) in [5.41, 5.74) is 0.918. The Morgan fingerprint density at radius 2 is 2.44 bits per heavy atom. The molecule has 0 saturated carbocycles. The van der Waals surface area contributed by atoms with Crippen LogP contribution in [0.1, 0.15) is 22.5 Å². The number of carbonyl (C=O) groups is 1. The number of nitrogens with one attached hydrogen (secondary N) is 1. The van der Waals surface area contributed by atoms with Crippen LogP contribution in [0.25, 0.3) is 0 Å². The van der Waals surface area contributed by atoms with Gasteiger partial charge < -0.3 is 15.0 Å². The van der Waals surface area contributed by atoms with Crippen LogP contribution < -0.4 is 5.32 Å². The highest BCUT2D eigenvalue weighted by molar-refractivity contribution is 7.98. The molecule has 1 unspecified atom stereocenters. The van der Waals surface area contributed by atoms with Gasteiger partial charge in [0.15, 0.2) is 0 Å². The van der Waals surface area contributed by atoms with Crippen molar-refractivity contribution in [1.82, 2.24) is 9.88 Å². The molecule has 1 aromatic heterocycles. The molecule has 1 aromatic rings. The Kier molecular flexibility index (Phi) is 5.75. The average Bonchev–Trinajstić information content (AvgIpc) is 2.71. The summed E-state index contributed by atoms with van der Waals surface area (Å²) >= 11 is 1.62. The molecule has 1 amide bonds. The Labute approximate surface area is 111 Å². The Bertz CT molecular complexity index is 445. The Hall–Kier alpha value is -1.45. The zero-order valence-electron chi connectivity index (χ0n) is 10.5. The van der Waals surface area contributed by atoms with Crippen molar-refractivity contribution in [1.29, 1.82) is 5.26 Å². The minimum absolute atomic E-state index is 0.0437. The molecule has 5 nitrogen and oxygen atoms in total. The van der Waals surface area contributed by atoms with Gasteiger partial charge in [0, 0.05) is 31.6 Å². The van der Waals surface area contributed by atoms with Gasteiger partial charge in [0.2, 0.25) is 0 Å². The van der Waals surface area contributed by atoms with Crippen molar-refractivity contribution < 1.29 is 9.90 Å². The van der Waals surface area contributed by atoms with E-state index in [4.69, 9.17) is 10.4 Å². The van der Waals surface area contributed by atoms with E-state index in [1.165, 1.54) is 0 Å². The fourth-order valence-corrected chi connectivity index (χ4v) is 2.32. The summed E-state index contributed by atoms with van der Waals surface area (Å²) < 4.78 is 1.63. The average molecular weight is 267 g/mol. The first-order valence-corrected chi connectivity index (χ1v) is 6.98. The molecule has 0 aliphatic heterocycles. The normalized spacial score (nSPS) is 11.9. The zero-order valence-corrected chi connectivity index (χ0v) is 11.3. The molecule has 0 aliphatic carbocycles. The molecule has 0 saturated heterocycles. The van der Waals surface area contributed by atoms with Crippen molar-refractivity contribution in [2.75, 3.05) is 18.6 Å². The smallest absolute Gasteiger partial charge is 0.268 e. The van der Waals surface area contributed by atoms with E-state index in [0.29, 0.717) is 17.7 Å². The number of hydrogen-bond acceptors (Lipinski definition) is 4. The van der Waals surface area contributed by atoms with Gasteiger partial charge >= 0.3 is 0 Å². The van der Waals surface area contributed by atoms with E-state index in [1.54, 1.807) is 35.6 Å². The van der Waals surface area contributed by atoms with Gasteiger partial charge in [-0.15, -0.1) is 0 Å². The van der Waals surface area contributed by atoms with Gasteiger partial charge in [-0.2, -0.15) is 17.0 Å². The van der Waals surface area contributed by atoms with Crippen LogP contribution in [-0.4, -0.2) is 40.2 Å². The number of aliphatic hydroxyl groups excluding tert-OH is 1. The molecule has 18 heavy (non-hydrogen) atoms. The number of nitrogens with zero attached hydrogens (tertiary/aromatic N) is 2. The van der Waals surface area contributed by atoms with Crippen molar-refractivity contribution in [2.24, 2.45) is 7.05 Å². The number of amides is 1. The number of aromatic nitrogens is 1. The zero-order chi connectivity index (χ0) is 13.5. The highest BCUT2D eigenvalue weighted by atomic mass is 32.2. The van der Waals surface area contributed by atoms with Crippen molar-refractivity contribution in [2.45, 2.75) is 12.5 Å². The predicted octanol–water partition coefficient (Wildman–Crippen LogP) is 0.741. The molecule has 0 radical (unpaired) electrons. The van der Waals surface area contributed by atoms with Gasteiger partial charge in [-0.25, -0.2) is 0 Å². The first-order valence-electron chi connectivity index (χ1n) is 5.59. The predicted molar refractivity (Wildman–Crippen MR) is 71.5 cm³/mol. The van der Waals surface area contributed by atoms with Crippen molar-refractivity contribution in [3.8, 4) is 6.07 Å². The second-order valence-corrected chi connectivity index (χ2v) is 4.89. The molecular formula is C12H17N3O2S. The van der Waals surface area contributed by atoms with Crippen LogP contribution >= 0.6 is 11.8 Å². The molecule has 1 rings (SSSR count). The number of thioether (sulfide) groups is 1. The van der Waals surface area contributed by atoms with Crippen LogP contribution in [0.4, 0.5) is 0 Å². The number of carbonyl (C=O) groups excluding carboxylic acids is 1. The highest BCUT2D eigenvalue weighted by Crippen LogP contribution is 2.08. The van der Waals surface area contributed by atoms with E-state index < -0.39 is 0 Å². The van der Waals surface area contributed by atoms with Crippen LogP contribution in [0.5, 0.6) is 0 Å². The maximum atomic E-state index is 12.0. The summed E-state index contributed by atoms with van der Waals surface area (Å²) in [6.45, 7) is 0.0437. The summed E-state index contributed by atoms with van der Waals surface area (Å²) in [5, 5.41) is 20.6. The van der Waals surface area contributed by atoms with Gasteiger partial charge in [0.1, 0.15) is 11.8 Å². The summed E-state index contributed by atoms with van der Waals surface area (Å²) in [7, 11) is 1.73. The number of aliphatic hydroxyl groups is 1. The number of nitriles is 1. The Morgan fingerprint density at radius 1 is 1.72 bits per heavy atom. The topological polar surface area (TPSA) is 78.1 Å². The first kappa shape index (κ1) is 14.6. The lowest BCUT2D eigenvalue weighted by molar-refractivity contribution is 0.0927. The lowest BCUT2D eigenvalue weighted by Crippen LogP contribution is -2.38. The molecule has 0 fully saturated rings. The minimum Gasteiger partial charge on any atom is -0.396 e. The monoisotopic (exact) mass is 267 g/mol. The van der Waals surface area contributed by atoms with Crippen molar-refractivity contribution >= 4 is 17.7 Å². The quantitative estimate of drug-likeness (QED) is 0.797. The third kappa shape index (κ3) is 3.79. The molecular weight excluding hydrogens is 250 g/mol. The summed E-state index contributed by atoms with van der Waals surface area (Å²) in [5.74, 6) is 0.536. The number of aryl methyl sites for hydroxylation is 1. The van der Waals surface area contributed by atoms with Crippen LogP contribution in [0.3, 0.4) is 0 Å². The fourth-order valence-electron chi connectivity index (χ4n) is 1.66. The molecule has 1 heterocycles. The van der Waals surface area contributed by atoms with Gasteiger partial charge in [-0.3, -0.25) is 4.79 Å². The standard InChI is InChI=1S/C12H17N3O2S/c1-15-7-9(6-13)5-11(15)12(17)14-10(3-4-16)8-18-2/h5,7,10,16H,3-4,8H2,1-2H3,(H,14,17). The number of rotatable bonds is 6. The molecule has 6 heteroatoms. The third-order valence-electron chi connectivity index (χ3n) is 2.55. The molecule has 98 valence electrons. The minimum atomic E-state index is -0.216.